The van der Waals surface area contributed by atoms with E-state index in [1.54, 1.807) is 42.5 Å². The van der Waals surface area contributed by atoms with Gasteiger partial charge in [0.05, 0.1) is 4.90 Å². The van der Waals surface area contributed by atoms with Gasteiger partial charge in [-0.2, -0.15) is 10.1 Å². The number of halogens is 1. The van der Waals surface area contributed by atoms with Gasteiger partial charge in [0.15, 0.2) is 5.82 Å². The molecule has 1 saturated carbocycles. The Morgan fingerprint density at radius 1 is 0.963 bits per heavy atom. The molecule has 0 spiro atoms. The molecule has 14 heteroatoms. The van der Waals surface area contributed by atoms with Crippen molar-refractivity contribution < 1.29 is 27.5 Å². The zero-order valence-electron chi connectivity index (χ0n) is 31.6. The molecule has 0 radical (unpaired) electrons. The van der Waals surface area contributed by atoms with Gasteiger partial charge in [-0.15, -0.1) is 0 Å². The summed E-state index contributed by atoms with van der Waals surface area (Å²) in [7, 11) is -0.609. The number of aromatic amines is 1. The number of alkyl carbamates (subject to hydrolysis) is 1. The molecule has 12 nitrogen and oxygen atoms in total. The summed E-state index contributed by atoms with van der Waals surface area (Å²) in [4.78, 5) is 44.1. The van der Waals surface area contributed by atoms with Crippen LogP contribution in [0.1, 0.15) is 64.0 Å². The van der Waals surface area contributed by atoms with E-state index in [0.717, 1.165) is 40.7 Å². The number of hydrogen-bond donors (Lipinski definition) is 3. The zero-order valence-corrected chi connectivity index (χ0v) is 33.2. The van der Waals surface area contributed by atoms with Crippen molar-refractivity contribution in [2.45, 2.75) is 76.7 Å². The molecular weight excluding hydrogens is 728 g/mol. The van der Waals surface area contributed by atoms with Crippen molar-refractivity contribution in [1.29, 1.82) is 0 Å². The van der Waals surface area contributed by atoms with Gasteiger partial charge in [0.1, 0.15) is 11.4 Å². The average molecular weight is 777 g/mol. The topological polar surface area (TPSA) is 163 Å². The molecule has 288 valence electrons. The molecule has 1 fully saturated rings. The minimum absolute atomic E-state index is 0.0525. The Kier molecular flexibility index (Phi) is 13.0. The Balaban J connectivity index is 1.29. The lowest BCUT2D eigenvalue weighted by molar-refractivity contribution is -0.129. The van der Waals surface area contributed by atoms with Gasteiger partial charge in [-0.3, -0.25) is 9.59 Å². The van der Waals surface area contributed by atoms with Crippen LogP contribution in [0.3, 0.4) is 0 Å². The highest BCUT2D eigenvalue weighted by Crippen LogP contribution is 2.32. The summed E-state index contributed by atoms with van der Waals surface area (Å²) >= 11 is 5.88. The maximum Gasteiger partial charge on any atom is 0.407 e. The van der Waals surface area contributed by atoms with Crippen LogP contribution in [0.4, 0.5) is 10.5 Å². The molecule has 0 saturated heterocycles. The molecule has 1 aromatic heterocycles. The van der Waals surface area contributed by atoms with Crippen LogP contribution in [0.2, 0.25) is 5.28 Å². The minimum Gasteiger partial charge on any atom is -0.444 e. The third kappa shape index (κ3) is 10.8. The van der Waals surface area contributed by atoms with Crippen LogP contribution in [0.15, 0.2) is 71.6 Å². The SMILES string of the molecule is Cc1ccc(S(=O)(=O)N(C)C)cc1-c1ccc(C[C@H](CC(=O)C2CCC(CNC(=O)OC(C)(C)C)CC2)C(=O)Nc2ccc(-c3n[nH]c(Cl)n3)cc2)cc1. The lowest BCUT2D eigenvalue weighted by atomic mass is 9.77. The van der Waals surface area contributed by atoms with Crippen molar-refractivity contribution in [1.82, 2.24) is 24.8 Å². The zero-order chi connectivity index (χ0) is 39.2. The Morgan fingerprint density at radius 3 is 2.20 bits per heavy atom. The van der Waals surface area contributed by atoms with E-state index in [4.69, 9.17) is 16.3 Å². The number of H-pyrrole nitrogens is 1. The number of amides is 2. The van der Waals surface area contributed by atoms with Gasteiger partial charge in [-0.25, -0.2) is 22.6 Å². The van der Waals surface area contributed by atoms with E-state index >= 15 is 0 Å². The van der Waals surface area contributed by atoms with Crippen molar-refractivity contribution in [2.24, 2.45) is 17.8 Å². The van der Waals surface area contributed by atoms with Crippen LogP contribution in [0, 0.1) is 24.7 Å². The van der Waals surface area contributed by atoms with Crippen LogP contribution >= 0.6 is 11.6 Å². The van der Waals surface area contributed by atoms with E-state index < -0.39 is 27.6 Å². The molecule has 4 aromatic rings. The molecule has 3 aromatic carbocycles. The number of nitrogens with zero attached hydrogens (tertiary/aromatic N) is 3. The maximum atomic E-state index is 13.9. The second kappa shape index (κ2) is 17.3. The van der Waals surface area contributed by atoms with Crippen molar-refractivity contribution in [3.8, 4) is 22.5 Å². The average Bonchev–Trinajstić information content (AvgIpc) is 3.56. The fourth-order valence-electron chi connectivity index (χ4n) is 6.60. The molecule has 2 amide bonds. The highest BCUT2D eigenvalue weighted by atomic mass is 35.5. The molecule has 5 rings (SSSR count). The number of ketones is 1. The molecule has 0 unspecified atom stereocenters. The summed E-state index contributed by atoms with van der Waals surface area (Å²) in [6.07, 6.45) is 2.94. The number of ether oxygens (including phenoxy) is 1. The number of sulfonamides is 1. The number of rotatable bonds is 13. The molecular formula is C40H49ClN6O6S. The first-order valence-electron chi connectivity index (χ1n) is 18.1. The van der Waals surface area contributed by atoms with E-state index in [1.807, 2.05) is 52.0 Å². The Hall–Kier alpha value is -4.59. The van der Waals surface area contributed by atoms with Gasteiger partial charge >= 0.3 is 6.09 Å². The van der Waals surface area contributed by atoms with Crippen molar-refractivity contribution in [2.75, 3.05) is 26.0 Å². The molecule has 1 heterocycles. The molecule has 0 bridgehead atoms. The van der Waals surface area contributed by atoms with Gasteiger partial charge in [0.25, 0.3) is 0 Å². The predicted octanol–water partition coefficient (Wildman–Crippen LogP) is 7.44. The molecule has 54 heavy (non-hydrogen) atoms. The first-order valence-corrected chi connectivity index (χ1v) is 19.9. The van der Waals surface area contributed by atoms with Gasteiger partial charge in [0, 0.05) is 50.1 Å². The lowest BCUT2D eigenvalue weighted by Crippen LogP contribution is -2.37. The van der Waals surface area contributed by atoms with Crippen LogP contribution in [0.5, 0.6) is 0 Å². The van der Waals surface area contributed by atoms with Crippen LogP contribution in [-0.2, 0) is 30.8 Å². The Labute approximate surface area is 322 Å². The summed E-state index contributed by atoms with van der Waals surface area (Å²) in [5, 5.41) is 12.7. The number of carbonyl (C=O) groups is 3. The number of Topliss-reactive ketones (excluding diaryl/α,β-unsaturated/α-hetero) is 1. The number of carbonyl (C=O) groups excluding carboxylic acids is 3. The number of benzene rings is 3. The Bertz CT molecular complexity index is 2050. The highest BCUT2D eigenvalue weighted by molar-refractivity contribution is 7.89. The van der Waals surface area contributed by atoms with Gasteiger partial charge < -0.3 is 15.4 Å². The lowest BCUT2D eigenvalue weighted by Gasteiger charge is -2.29. The molecule has 1 aliphatic rings. The maximum absolute atomic E-state index is 13.9. The quantitative estimate of drug-likeness (QED) is 0.126. The monoisotopic (exact) mass is 776 g/mol. The highest BCUT2D eigenvalue weighted by Gasteiger charge is 2.31. The molecule has 3 N–H and O–H groups in total. The summed E-state index contributed by atoms with van der Waals surface area (Å²) < 4.78 is 32.2. The third-order valence-corrected chi connectivity index (χ3v) is 11.6. The first kappa shape index (κ1) is 40.6. The van der Waals surface area contributed by atoms with Gasteiger partial charge in [-0.1, -0.05) is 30.3 Å². The van der Waals surface area contributed by atoms with E-state index in [2.05, 4.69) is 25.8 Å². The first-order chi connectivity index (χ1) is 25.5. The van der Waals surface area contributed by atoms with Crippen molar-refractivity contribution >= 4 is 45.1 Å². The summed E-state index contributed by atoms with van der Waals surface area (Å²) in [6.45, 7) is 7.89. The summed E-state index contributed by atoms with van der Waals surface area (Å²) in [5.41, 5.74) is 4.15. The van der Waals surface area contributed by atoms with Crippen LogP contribution < -0.4 is 10.6 Å². The van der Waals surface area contributed by atoms with Crippen LogP contribution in [0.25, 0.3) is 22.5 Å². The molecule has 1 aliphatic carbocycles. The number of hydrogen-bond acceptors (Lipinski definition) is 8. The smallest absolute Gasteiger partial charge is 0.407 e. The second-order valence-electron chi connectivity index (χ2n) is 15.1. The van der Waals surface area contributed by atoms with E-state index in [0.29, 0.717) is 37.3 Å². The third-order valence-electron chi connectivity index (χ3n) is 9.66. The normalized spacial score (nSPS) is 16.8. The minimum atomic E-state index is -3.61. The fourth-order valence-corrected chi connectivity index (χ4v) is 7.65. The molecule has 1 atom stereocenters. The van der Waals surface area contributed by atoms with E-state index in [1.165, 1.54) is 18.4 Å². The van der Waals surface area contributed by atoms with Crippen molar-refractivity contribution in [3.63, 3.8) is 0 Å². The summed E-state index contributed by atoms with van der Waals surface area (Å²) in [5.74, 6) is -0.340. The van der Waals surface area contributed by atoms with Crippen molar-refractivity contribution in [3.05, 3.63) is 83.1 Å². The van der Waals surface area contributed by atoms with Gasteiger partial charge in [-0.05, 0) is 136 Å². The number of aromatic nitrogens is 3. The fraction of sp³-hybridized carbons (Fsp3) is 0.425. The van der Waals surface area contributed by atoms with Crippen LogP contribution in [-0.4, -0.2) is 71.9 Å². The van der Waals surface area contributed by atoms with E-state index in [9.17, 15) is 22.8 Å². The Morgan fingerprint density at radius 2 is 1.61 bits per heavy atom. The number of aryl methyl sites for hydroxylation is 1. The predicted molar refractivity (Wildman–Crippen MR) is 209 cm³/mol. The van der Waals surface area contributed by atoms with Gasteiger partial charge in [0.2, 0.25) is 21.2 Å². The largest absolute Gasteiger partial charge is 0.444 e. The molecule has 0 aliphatic heterocycles. The standard InChI is InChI=1S/C40H49ClN6O6S/c1-25-7-20-33(54(51,52)47(5)6)23-34(25)28-12-8-26(9-13-28)21-31(37(49)43-32-18-16-30(17-19-32)36-44-38(41)46-45-36)22-35(48)29-14-10-27(11-15-29)24-42-39(50)53-40(2,3)4/h7-9,12-13,16-20,23,27,29,31H,10-11,14-15,21-22,24H2,1-6H3,(H,42,50)(H,43,49)(H,44,45,46)/t27?,29?,31-/m1/s1. The summed E-state index contributed by atoms with van der Waals surface area (Å²) in [6, 6.07) is 19.8. The second-order valence-corrected chi connectivity index (χ2v) is 17.7. The van der Waals surface area contributed by atoms with E-state index in [-0.39, 0.29) is 40.1 Å². The number of anilines is 1. The number of nitrogens with one attached hydrogen (secondary N) is 3.